The number of para-hydroxylation sites is 1. The van der Waals surface area contributed by atoms with Gasteiger partial charge in [0.05, 0.1) is 5.69 Å². The van der Waals surface area contributed by atoms with Gasteiger partial charge in [-0.3, -0.25) is 0 Å². The van der Waals surface area contributed by atoms with E-state index in [2.05, 4.69) is 36.1 Å². The Labute approximate surface area is 144 Å². The van der Waals surface area contributed by atoms with Crippen LogP contribution in [0.25, 0.3) is 0 Å². The van der Waals surface area contributed by atoms with Crippen molar-refractivity contribution in [2.75, 3.05) is 4.90 Å². The lowest BCUT2D eigenvalue weighted by atomic mass is 9.91. The highest BCUT2D eigenvalue weighted by molar-refractivity contribution is 5.64. The molecule has 0 bridgehead atoms. The van der Waals surface area contributed by atoms with Gasteiger partial charge in [-0.1, -0.05) is 55.7 Å². The van der Waals surface area contributed by atoms with Crippen LogP contribution < -0.4 is 4.90 Å². The largest absolute Gasteiger partial charge is 0.504 e. The molecule has 0 aromatic heterocycles. The van der Waals surface area contributed by atoms with Crippen LogP contribution in [0.1, 0.15) is 44.6 Å². The van der Waals surface area contributed by atoms with Crippen molar-refractivity contribution in [3.05, 3.63) is 54.1 Å². The van der Waals surface area contributed by atoms with Gasteiger partial charge >= 0.3 is 0 Å². The highest BCUT2D eigenvalue weighted by Crippen LogP contribution is 2.40. The molecule has 0 aliphatic heterocycles. The Balaban J connectivity index is 1.90. The van der Waals surface area contributed by atoms with Crippen molar-refractivity contribution in [1.82, 2.24) is 0 Å². The molecule has 1 unspecified atom stereocenters. The lowest BCUT2D eigenvalue weighted by molar-refractivity contribution is 0.375. The summed E-state index contributed by atoms with van der Waals surface area (Å²) in [4.78, 5) is 2.33. The zero-order valence-electron chi connectivity index (χ0n) is 14.4. The number of phenols is 2. The molecule has 3 heteroatoms. The van der Waals surface area contributed by atoms with Gasteiger partial charge in [0, 0.05) is 12.1 Å². The van der Waals surface area contributed by atoms with Gasteiger partial charge in [-0.2, -0.15) is 0 Å². The second-order valence-electron chi connectivity index (χ2n) is 6.88. The number of hydrogen-bond donors (Lipinski definition) is 2. The van der Waals surface area contributed by atoms with E-state index in [0.717, 1.165) is 24.9 Å². The third kappa shape index (κ3) is 3.66. The fraction of sp³-hybridized carbons (Fsp3) is 0.429. The predicted molar refractivity (Wildman–Crippen MR) is 98.7 cm³/mol. The van der Waals surface area contributed by atoms with Crippen LogP contribution in [0.5, 0.6) is 11.5 Å². The van der Waals surface area contributed by atoms with E-state index in [9.17, 15) is 10.2 Å². The number of hydrogen-bond acceptors (Lipinski definition) is 3. The van der Waals surface area contributed by atoms with E-state index >= 15 is 0 Å². The topological polar surface area (TPSA) is 43.7 Å². The summed E-state index contributed by atoms with van der Waals surface area (Å²) in [5.41, 5.74) is 2.05. The van der Waals surface area contributed by atoms with Crippen LogP contribution in [0.4, 0.5) is 5.69 Å². The molecule has 0 amide bonds. The van der Waals surface area contributed by atoms with E-state index in [-0.39, 0.29) is 17.5 Å². The summed E-state index contributed by atoms with van der Waals surface area (Å²) in [7, 11) is 0. The Hall–Kier alpha value is -2.16. The fourth-order valence-corrected chi connectivity index (χ4v) is 3.93. The summed E-state index contributed by atoms with van der Waals surface area (Å²) in [5, 5.41) is 20.4. The van der Waals surface area contributed by atoms with Crippen molar-refractivity contribution in [2.45, 2.75) is 57.5 Å². The van der Waals surface area contributed by atoms with E-state index in [0.29, 0.717) is 6.04 Å². The minimum atomic E-state index is -0.0415. The highest BCUT2D eigenvalue weighted by Gasteiger charge is 2.28. The van der Waals surface area contributed by atoms with Crippen LogP contribution in [0.2, 0.25) is 0 Å². The lowest BCUT2D eigenvalue weighted by Gasteiger charge is -2.41. The van der Waals surface area contributed by atoms with Crippen molar-refractivity contribution >= 4 is 5.69 Å². The molecule has 0 saturated heterocycles. The quantitative estimate of drug-likeness (QED) is 0.771. The van der Waals surface area contributed by atoms with Crippen molar-refractivity contribution in [3.8, 4) is 11.5 Å². The molecule has 2 aromatic rings. The third-order valence-electron chi connectivity index (χ3n) is 5.09. The van der Waals surface area contributed by atoms with Crippen molar-refractivity contribution in [3.63, 3.8) is 0 Å². The molecule has 2 N–H and O–H groups in total. The second kappa shape index (κ2) is 7.61. The Bertz CT molecular complexity index is 650. The lowest BCUT2D eigenvalue weighted by Crippen LogP contribution is -2.44. The number of rotatable bonds is 5. The third-order valence-corrected chi connectivity index (χ3v) is 5.09. The van der Waals surface area contributed by atoms with Gasteiger partial charge in [0.25, 0.3) is 0 Å². The molecular formula is C21H27NO2. The molecule has 128 valence electrons. The molecular weight excluding hydrogens is 298 g/mol. The van der Waals surface area contributed by atoms with Crippen molar-refractivity contribution in [2.24, 2.45) is 0 Å². The first-order chi connectivity index (χ1) is 11.7. The van der Waals surface area contributed by atoms with Crippen LogP contribution in [-0.2, 0) is 6.42 Å². The fourth-order valence-electron chi connectivity index (χ4n) is 3.93. The Morgan fingerprint density at radius 2 is 1.67 bits per heavy atom. The average Bonchev–Trinajstić information content (AvgIpc) is 2.61. The standard InChI is InChI=1S/C21H27NO2/c1-16(15-17-9-4-2-5-10-17)22(18-11-6-3-7-12-18)19-13-8-14-20(23)21(19)24/h2,4-5,8-10,13-14,16,18,23-24H,3,6-7,11-12,15H2,1H3. The van der Waals surface area contributed by atoms with E-state index in [1.54, 1.807) is 6.07 Å². The zero-order valence-corrected chi connectivity index (χ0v) is 14.4. The summed E-state index contributed by atoms with van der Waals surface area (Å²) >= 11 is 0. The maximum absolute atomic E-state index is 10.4. The second-order valence-corrected chi connectivity index (χ2v) is 6.88. The summed E-state index contributed by atoms with van der Waals surface area (Å²) in [6.07, 6.45) is 6.98. The molecule has 1 saturated carbocycles. The number of benzene rings is 2. The number of anilines is 1. The van der Waals surface area contributed by atoms with E-state index in [1.807, 2.05) is 18.2 Å². The SMILES string of the molecule is CC(Cc1ccccc1)N(c1cccc(O)c1O)C1CCCCC1. The first-order valence-corrected chi connectivity index (χ1v) is 9.00. The van der Waals surface area contributed by atoms with Crippen molar-refractivity contribution < 1.29 is 10.2 Å². The van der Waals surface area contributed by atoms with Crippen LogP contribution in [0, 0.1) is 0 Å². The molecule has 2 aromatic carbocycles. The highest BCUT2D eigenvalue weighted by atomic mass is 16.3. The molecule has 1 aliphatic carbocycles. The summed E-state index contributed by atoms with van der Waals surface area (Å²) in [6.45, 7) is 2.21. The number of aromatic hydroxyl groups is 2. The Morgan fingerprint density at radius 1 is 0.958 bits per heavy atom. The maximum atomic E-state index is 10.4. The zero-order chi connectivity index (χ0) is 16.9. The molecule has 3 nitrogen and oxygen atoms in total. The molecule has 0 radical (unpaired) electrons. The molecule has 1 fully saturated rings. The van der Waals surface area contributed by atoms with Gasteiger partial charge in [-0.05, 0) is 43.9 Å². The van der Waals surface area contributed by atoms with Crippen LogP contribution in [-0.4, -0.2) is 22.3 Å². The molecule has 0 spiro atoms. The Kier molecular flexibility index (Phi) is 5.29. The summed E-state index contributed by atoms with van der Waals surface area (Å²) in [6, 6.07) is 16.4. The molecule has 0 heterocycles. The normalized spacial score (nSPS) is 16.7. The Morgan fingerprint density at radius 3 is 2.38 bits per heavy atom. The number of phenolic OH excluding ortho intramolecular Hbond substituents is 2. The van der Waals surface area contributed by atoms with E-state index in [4.69, 9.17) is 0 Å². The molecule has 1 aliphatic rings. The number of nitrogens with zero attached hydrogens (tertiary/aromatic N) is 1. The molecule has 1 atom stereocenters. The van der Waals surface area contributed by atoms with Gasteiger partial charge in [-0.25, -0.2) is 0 Å². The summed E-state index contributed by atoms with van der Waals surface area (Å²) in [5.74, 6) is -0.0387. The van der Waals surface area contributed by atoms with Crippen LogP contribution >= 0.6 is 0 Å². The van der Waals surface area contributed by atoms with Gasteiger partial charge in [0.15, 0.2) is 11.5 Å². The van der Waals surface area contributed by atoms with E-state index in [1.165, 1.54) is 24.8 Å². The predicted octanol–water partition coefficient (Wildman–Crippen LogP) is 4.87. The van der Waals surface area contributed by atoms with Gasteiger partial charge in [0.2, 0.25) is 0 Å². The van der Waals surface area contributed by atoms with Crippen molar-refractivity contribution in [1.29, 1.82) is 0 Å². The molecule has 24 heavy (non-hydrogen) atoms. The minimum Gasteiger partial charge on any atom is -0.504 e. The first-order valence-electron chi connectivity index (χ1n) is 9.00. The monoisotopic (exact) mass is 325 g/mol. The smallest absolute Gasteiger partial charge is 0.181 e. The van der Waals surface area contributed by atoms with Gasteiger partial charge in [-0.15, -0.1) is 0 Å². The first kappa shape index (κ1) is 16.7. The molecule has 3 rings (SSSR count). The van der Waals surface area contributed by atoms with Crippen LogP contribution in [0.15, 0.2) is 48.5 Å². The van der Waals surface area contributed by atoms with E-state index < -0.39 is 0 Å². The average molecular weight is 325 g/mol. The van der Waals surface area contributed by atoms with Gasteiger partial charge in [0.1, 0.15) is 0 Å². The van der Waals surface area contributed by atoms with Gasteiger partial charge < -0.3 is 15.1 Å². The maximum Gasteiger partial charge on any atom is 0.181 e. The van der Waals surface area contributed by atoms with Crippen LogP contribution in [0.3, 0.4) is 0 Å². The summed E-state index contributed by atoms with van der Waals surface area (Å²) < 4.78 is 0. The minimum absolute atomic E-state index is 0.00276.